The number of fused-ring (bicyclic) bond motifs is 1. The standard InChI is InChI=1S/C20H19N7O/c1-11-5-6-23-14(4)18(11)25-20(28)16-7-12(2)24-19-17(16)13(3)26-27(19)15-8-21-10-22-9-15/h5-10H,1-4H3,(H,25,28). The molecule has 1 N–H and O–H groups in total. The van der Waals surface area contributed by atoms with Crippen molar-refractivity contribution in [3.05, 3.63) is 65.3 Å². The number of rotatable bonds is 3. The van der Waals surface area contributed by atoms with Crippen molar-refractivity contribution in [2.24, 2.45) is 0 Å². The zero-order valence-electron chi connectivity index (χ0n) is 16.1. The second kappa shape index (κ2) is 6.80. The Bertz CT molecular complexity index is 1180. The van der Waals surface area contributed by atoms with Crippen LogP contribution in [0.3, 0.4) is 0 Å². The molecule has 0 unspecified atom stereocenters. The van der Waals surface area contributed by atoms with Crippen molar-refractivity contribution in [2.75, 3.05) is 5.32 Å². The molecule has 0 bridgehead atoms. The lowest BCUT2D eigenvalue weighted by atomic mass is 10.1. The summed E-state index contributed by atoms with van der Waals surface area (Å²) in [7, 11) is 0. The second-order valence-electron chi connectivity index (χ2n) is 6.65. The van der Waals surface area contributed by atoms with E-state index in [1.54, 1.807) is 29.3 Å². The molecule has 4 heterocycles. The topological polar surface area (TPSA) is 98.5 Å². The largest absolute Gasteiger partial charge is 0.320 e. The number of amides is 1. The molecule has 4 aromatic heterocycles. The lowest BCUT2D eigenvalue weighted by molar-refractivity contribution is 0.102. The van der Waals surface area contributed by atoms with E-state index in [9.17, 15) is 4.79 Å². The lowest BCUT2D eigenvalue weighted by Gasteiger charge is -2.12. The first-order valence-electron chi connectivity index (χ1n) is 8.81. The summed E-state index contributed by atoms with van der Waals surface area (Å²) in [6.45, 7) is 7.52. The molecule has 1 amide bonds. The van der Waals surface area contributed by atoms with Crippen LogP contribution in [-0.2, 0) is 0 Å². The van der Waals surface area contributed by atoms with E-state index in [-0.39, 0.29) is 5.91 Å². The highest BCUT2D eigenvalue weighted by atomic mass is 16.1. The maximum atomic E-state index is 13.2. The molecule has 0 fully saturated rings. The second-order valence-corrected chi connectivity index (χ2v) is 6.65. The van der Waals surface area contributed by atoms with Gasteiger partial charge in [0, 0.05) is 11.9 Å². The van der Waals surface area contributed by atoms with Gasteiger partial charge >= 0.3 is 0 Å². The van der Waals surface area contributed by atoms with Crippen LogP contribution in [0.5, 0.6) is 0 Å². The van der Waals surface area contributed by atoms with Gasteiger partial charge in [0.25, 0.3) is 5.91 Å². The zero-order chi connectivity index (χ0) is 19.8. The molecule has 8 heteroatoms. The number of carbonyl (C=O) groups excluding carboxylic acids is 1. The number of pyridine rings is 2. The number of aryl methyl sites for hydroxylation is 4. The van der Waals surface area contributed by atoms with E-state index in [2.05, 4.69) is 30.4 Å². The fourth-order valence-corrected chi connectivity index (χ4v) is 3.24. The fourth-order valence-electron chi connectivity index (χ4n) is 3.24. The average Bonchev–Trinajstić information content (AvgIpc) is 3.01. The van der Waals surface area contributed by atoms with Gasteiger partial charge < -0.3 is 5.32 Å². The van der Waals surface area contributed by atoms with E-state index in [1.165, 1.54) is 6.33 Å². The summed E-state index contributed by atoms with van der Waals surface area (Å²) in [5.74, 6) is -0.221. The number of hydrogen-bond acceptors (Lipinski definition) is 6. The van der Waals surface area contributed by atoms with Crippen LogP contribution in [-0.4, -0.2) is 35.6 Å². The molecule has 4 rings (SSSR count). The summed E-state index contributed by atoms with van der Waals surface area (Å²) < 4.78 is 1.66. The van der Waals surface area contributed by atoms with Gasteiger partial charge in [0.05, 0.1) is 40.4 Å². The summed E-state index contributed by atoms with van der Waals surface area (Å²) in [4.78, 5) is 30.1. The predicted octanol–water partition coefficient (Wildman–Crippen LogP) is 3.09. The van der Waals surface area contributed by atoms with Gasteiger partial charge in [-0.05, 0) is 45.4 Å². The SMILES string of the molecule is Cc1cc(C(=O)Nc2c(C)ccnc2C)c2c(C)nn(-c3cncnc3)c2n1. The third-order valence-corrected chi connectivity index (χ3v) is 4.56. The van der Waals surface area contributed by atoms with Gasteiger partial charge in [0.1, 0.15) is 12.0 Å². The van der Waals surface area contributed by atoms with Gasteiger partial charge in [-0.15, -0.1) is 0 Å². The highest BCUT2D eigenvalue weighted by Gasteiger charge is 2.20. The third-order valence-electron chi connectivity index (χ3n) is 4.56. The lowest BCUT2D eigenvalue weighted by Crippen LogP contribution is -2.15. The average molecular weight is 373 g/mol. The summed E-state index contributed by atoms with van der Waals surface area (Å²) in [5, 5.41) is 8.27. The molecule has 0 atom stereocenters. The summed E-state index contributed by atoms with van der Waals surface area (Å²) in [6, 6.07) is 3.65. The molecular formula is C20H19N7O. The van der Waals surface area contributed by atoms with Crippen LogP contribution >= 0.6 is 0 Å². The van der Waals surface area contributed by atoms with Crippen molar-refractivity contribution >= 4 is 22.6 Å². The van der Waals surface area contributed by atoms with Crippen LogP contribution in [0.15, 0.2) is 37.1 Å². The molecule has 0 spiro atoms. The molecule has 8 nitrogen and oxygen atoms in total. The number of nitrogens with zero attached hydrogens (tertiary/aromatic N) is 6. The first-order chi connectivity index (χ1) is 13.5. The first-order valence-corrected chi connectivity index (χ1v) is 8.81. The highest BCUT2D eigenvalue weighted by Crippen LogP contribution is 2.26. The zero-order valence-corrected chi connectivity index (χ0v) is 16.1. The Balaban J connectivity index is 1.86. The van der Waals surface area contributed by atoms with Gasteiger partial charge in [0.2, 0.25) is 0 Å². The molecule has 0 aliphatic rings. The maximum Gasteiger partial charge on any atom is 0.256 e. The minimum atomic E-state index is -0.221. The minimum absolute atomic E-state index is 0.221. The van der Waals surface area contributed by atoms with Crippen molar-refractivity contribution in [3.63, 3.8) is 0 Å². The number of nitrogens with one attached hydrogen (secondary N) is 1. The maximum absolute atomic E-state index is 13.2. The molecule has 0 aromatic carbocycles. The van der Waals surface area contributed by atoms with E-state index in [0.717, 1.165) is 22.6 Å². The third kappa shape index (κ3) is 2.98. The molecular weight excluding hydrogens is 354 g/mol. The van der Waals surface area contributed by atoms with Gasteiger partial charge in [-0.25, -0.2) is 19.6 Å². The molecule has 0 radical (unpaired) electrons. The van der Waals surface area contributed by atoms with Gasteiger partial charge in [-0.2, -0.15) is 5.10 Å². The number of hydrogen-bond donors (Lipinski definition) is 1. The summed E-state index contributed by atoms with van der Waals surface area (Å²) >= 11 is 0. The Morgan fingerprint density at radius 3 is 2.54 bits per heavy atom. The van der Waals surface area contributed by atoms with Gasteiger partial charge in [0.15, 0.2) is 5.65 Å². The number of aromatic nitrogens is 6. The van der Waals surface area contributed by atoms with E-state index >= 15 is 0 Å². The van der Waals surface area contributed by atoms with E-state index in [1.807, 2.05) is 33.8 Å². The van der Waals surface area contributed by atoms with Crippen LogP contribution in [0.1, 0.15) is 33.0 Å². The molecule has 0 aliphatic carbocycles. The van der Waals surface area contributed by atoms with Crippen LogP contribution in [0.4, 0.5) is 5.69 Å². The molecule has 140 valence electrons. The van der Waals surface area contributed by atoms with E-state index in [4.69, 9.17) is 0 Å². The molecule has 4 aromatic rings. The van der Waals surface area contributed by atoms with E-state index < -0.39 is 0 Å². The number of anilines is 1. The van der Waals surface area contributed by atoms with Crippen molar-refractivity contribution < 1.29 is 4.79 Å². The Morgan fingerprint density at radius 1 is 1.07 bits per heavy atom. The fraction of sp³-hybridized carbons (Fsp3) is 0.200. The normalized spacial score (nSPS) is 11.0. The van der Waals surface area contributed by atoms with Gasteiger partial charge in [-0.3, -0.25) is 9.78 Å². The predicted molar refractivity (Wildman–Crippen MR) is 106 cm³/mol. The highest BCUT2D eigenvalue weighted by molar-refractivity contribution is 6.13. The van der Waals surface area contributed by atoms with Gasteiger partial charge in [-0.1, -0.05) is 0 Å². The number of carbonyl (C=O) groups is 1. The summed E-state index contributed by atoms with van der Waals surface area (Å²) in [6.07, 6.45) is 6.50. The minimum Gasteiger partial charge on any atom is -0.320 e. The Labute approximate surface area is 161 Å². The first kappa shape index (κ1) is 17.7. The molecule has 28 heavy (non-hydrogen) atoms. The van der Waals surface area contributed by atoms with Crippen LogP contribution in [0.25, 0.3) is 16.7 Å². The van der Waals surface area contributed by atoms with Crippen LogP contribution < -0.4 is 5.32 Å². The Hall–Kier alpha value is -3.68. The van der Waals surface area contributed by atoms with Crippen LogP contribution in [0.2, 0.25) is 0 Å². The summed E-state index contributed by atoms with van der Waals surface area (Å²) in [5.41, 5.74) is 5.66. The molecule has 0 aliphatic heterocycles. The Kier molecular flexibility index (Phi) is 4.31. The van der Waals surface area contributed by atoms with Crippen molar-refractivity contribution in [1.82, 2.24) is 29.7 Å². The quantitative estimate of drug-likeness (QED) is 0.592. The van der Waals surface area contributed by atoms with E-state index in [0.29, 0.717) is 28.0 Å². The Morgan fingerprint density at radius 2 is 1.82 bits per heavy atom. The monoisotopic (exact) mass is 373 g/mol. The van der Waals surface area contributed by atoms with Crippen LogP contribution in [0, 0.1) is 27.7 Å². The smallest absolute Gasteiger partial charge is 0.256 e. The molecule has 0 saturated heterocycles. The van der Waals surface area contributed by atoms with Crippen molar-refractivity contribution in [3.8, 4) is 5.69 Å². The van der Waals surface area contributed by atoms with Crippen molar-refractivity contribution in [2.45, 2.75) is 27.7 Å². The van der Waals surface area contributed by atoms with Crippen molar-refractivity contribution in [1.29, 1.82) is 0 Å². The molecule has 0 saturated carbocycles.